The highest BCUT2D eigenvalue weighted by Crippen LogP contribution is 2.25. The van der Waals surface area contributed by atoms with Gasteiger partial charge in [0.15, 0.2) is 0 Å². The zero-order valence-electron chi connectivity index (χ0n) is 9.01. The number of aromatic nitrogens is 1. The quantitative estimate of drug-likeness (QED) is 0.864. The van der Waals surface area contributed by atoms with Gasteiger partial charge in [0.25, 0.3) is 0 Å². The predicted octanol–water partition coefficient (Wildman–Crippen LogP) is 2.93. The monoisotopic (exact) mass is 247 g/mol. The molecule has 3 nitrogen and oxygen atoms in total. The van der Waals surface area contributed by atoms with E-state index in [1.165, 1.54) is 0 Å². The summed E-state index contributed by atoms with van der Waals surface area (Å²) in [5.41, 5.74) is 5.57. The number of nitrogens with one attached hydrogen (secondary N) is 1. The molecule has 0 radical (unpaired) electrons. The molecule has 1 rings (SSSR count). The summed E-state index contributed by atoms with van der Waals surface area (Å²) in [6.45, 7) is 5.91. The van der Waals surface area contributed by atoms with E-state index in [1.54, 1.807) is 12.3 Å². The molecule has 1 aromatic heterocycles. The van der Waals surface area contributed by atoms with Crippen LogP contribution in [0.25, 0.3) is 0 Å². The summed E-state index contributed by atoms with van der Waals surface area (Å²) in [5, 5.41) is 4.20. The summed E-state index contributed by atoms with van der Waals surface area (Å²) in [6, 6.07) is 1.63. The SMILES string of the molecule is CC(N)C(C)(C)Nc1ncc(Cl)cc1Cl. The van der Waals surface area contributed by atoms with Gasteiger partial charge in [0.05, 0.1) is 10.0 Å². The van der Waals surface area contributed by atoms with E-state index in [-0.39, 0.29) is 11.6 Å². The smallest absolute Gasteiger partial charge is 0.145 e. The van der Waals surface area contributed by atoms with E-state index in [0.717, 1.165) is 0 Å². The first-order valence-corrected chi connectivity index (χ1v) is 5.43. The van der Waals surface area contributed by atoms with Crippen LogP contribution in [0, 0.1) is 0 Å². The van der Waals surface area contributed by atoms with Crippen molar-refractivity contribution in [1.82, 2.24) is 4.98 Å². The standard InChI is InChI=1S/C10H15Cl2N3/c1-6(13)10(2,3)15-9-8(12)4-7(11)5-14-9/h4-6H,13H2,1-3H3,(H,14,15). The van der Waals surface area contributed by atoms with Gasteiger partial charge in [0, 0.05) is 17.8 Å². The van der Waals surface area contributed by atoms with Crippen molar-refractivity contribution < 1.29 is 0 Å². The summed E-state index contributed by atoms with van der Waals surface area (Å²) in [6.07, 6.45) is 1.55. The van der Waals surface area contributed by atoms with Crippen LogP contribution >= 0.6 is 23.2 Å². The van der Waals surface area contributed by atoms with Gasteiger partial charge in [-0.2, -0.15) is 0 Å². The van der Waals surface area contributed by atoms with Crippen LogP contribution in [-0.2, 0) is 0 Å². The summed E-state index contributed by atoms with van der Waals surface area (Å²) in [5.74, 6) is 0.600. The second-order valence-electron chi connectivity index (χ2n) is 4.12. The van der Waals surface area contributed by atoms with Crippen LogP contribution in [0.3, 0.4) is 0 Å². The molecule has 0 saturated carbocycles. The third kappa shape index (κ3) is 3.23. The molecule has 84 valence electrons. The van der Waals surface area contributed by atoms with E-state index in [0.29, 0.717) is 15.9 Å². The predicted molar refractivity (Wildman–Crippen MR) is 65.6 cm³/mol. The molecule has 5 heteroatoms. The Morgan fingerprint density at radius 1 is 1.47 bits per heavy atom. The molecule has 1 unspecified atom stereocenters. The molecule has 0 aromatic carbocycles. The maximum atomic E-state index is 5.99. The number of hydrogen-bond donors (Lipinski definition) is 2. The van der Waals surface area contributed by atoms with Crippen molar-refractivity contribution in [1.29, 1.82) is 0 Å². The zero-order chi connectivity index (χ0) is 11.6. The van der Waals surface area contributed by atoms with Crippen LogP contribution in [-0.4, -0.2) is 16.6 Å². The Hall–Kier alpha value is -0.510. The molecule has 0 bridgehead atoms. The first-order chi connectivity index (χ1) is 6.83. The maximum Gasteiger partial charge on any atom is 0.145 e. The highest BCUT2D eigenvalue weighted by molar-refractivity contribution is 6.35. The van der Waals surface area contributed by atoms with Crippen molar-refractivity contribution in [2.75, 3.05) is 5.32 Å². The molecule has 0 aliphatic rings. The van der Waals surface area contributed by atoms with Crippen LogP contribution in [0.1, 0.15) is 20.8 Å². The van der Waals surface area contributed by atoms with E-state index in [9.17, 15) is 0 Å². The maximum absolute atomic E-state index is 5.99. The number of pyridine rings is 1. The lowest BCUT2D eigenvalue weighted by atomic mass is 9.97. The fraction of sp³-hybridized carbons (Fsp3) is 0.500. The minimum Gasteiger partial charge on any atom is -0.362 e. The summed E-state index contributed by atoms with van der Waals surface area (Å²) in [4.78, 5) is 4.11. The van der Waals surface area contributed by atoms with Crippen molar-refractivity contribution in [3.05, 3.63) is 22.3 Å². The van der Waals surface area contributed by atoms with Gasteiger partial charge >= 0.3 is 0 Å². The second kappa shape index (κ2) is 4.56. The van der Waals surface area contributed by atoms with Gasteiger partial charge in [-0.25, -0.2) is 4.98 Å². The average molecular weight is 248 g/mol. The first-order valence-electron chi connectivity index (χ1n) is 4.68. The third-order valence-corrected chi connectivity index (χ3v) is 2.88. The molecular weight excluding hydrogens is 233 g/mol. The van der Waals surface area contributed by atoms with E-state index in [4.69, 9.17) is 28.9 Å². The van der Waals surface area contributed by atoms with Gasteiger partial charge in [0.1, 0.15) is 5.82 Å². The zero-order valence-corrected chi connectivity index (χ0v) is 10.5. The van der Waals surface area contributed by atoms with Crippen LogP contribution in [0.2, 0.25) is 10.0 Å². The molecule has 15 heavy (non-hydrogen) atoms. The van der Waals surface area contributed by atoms with Gasteiger partial charge in [0.2, 0.25) is 0 Å². The van der Waals surface area contributed by atoms with Crippen molar-refractivity contribution in [2.24, 2.45) is 5.73 Å². The van der Waals surface area contributed by atoms with Crippen molar-refractivity contribution >= 4 is 29.0 Å². The summed E-state index contributed by atoms with van der Waals surface area (Å²) in [7, 11) is 0. The highest BCUT2D eigenvalue weighted by atomic mass is 35.5. The molecule has 0 amide bonds. The van der Waals surface area contributed by atoms with Crippen molar-refractivity contribution in [2.45, 2.75) is 32.4 Å². The summed E-state index contributed by atoms with van der Waals surface area (Å²) >= 11 is 11.7. The van der Waals surface area contributed by atoms with Crippen molar-refractivity contribution in [3.8, 4) is 0 Å². The molecular formula is C10H15Cl2N3. The van der Waals surface area contributed by atoms with Gasteiger partial charge < -0.3 is 11.1 Å². The Balaban J connectivity index is 2.90. The minimum atomic E-state index is -0.273. The van der Waals surface area contributed by atoms with Crippen LogP contribution < -0.4 is 11.1 Å². The molecule has 1 heterocycles. The van der Waals surface area contributed by atoms with E-state index < -0.39 is 0 Å². The van der Waals surface area contributed by atoms with Gasteiger partial charge in [-0.3, -0.25) is 0 Å². The average Bonchev–Trinajstić information content (AvgIpc) is 2.09. The largest absolute Gasteiger partial charge is 0.362 e. The Morgan fingerprint density at radius 3 is 2.53 bits per heavy atom. The number of halogens is 2. The Labute approximate surface area is 100.0 Å². The molecule has 0 aliphatic carbocycles. The number of nitrogens with zero attached hydrogens (tertiary/aromatic N) is 1. The number of rotatable bonds is 3. The molecule has 0 fully saturated rings. The lowest BCUT2D eigenvalue weighted by Crippen LogP contribution is -2.47. The van der Waals surface area contributed by atoms with Crippen LogP contribution in [0.15, 0.2) is 12.3 Å². The fourth-order valence-corrected chi connectivity index (χ4v) is 1.35. The molecule has 0 saturated heterocycles. The minimum absolute atomic E-state index is 0.0222. The lowest BCUT2D eigenvalue weighted by molar-refractivity contribution is 0.469. The normalized spacial score (nSPS) is 13.7. The van der Waals surface area contributed by atoms with Crippen LogP contribution in [0.4, 0.5) is 5.82 Å². The number of anilines is 1. The Bertz CT molecular complexity index is 351. The first kappa shape index (κ1) is 12.6. The fourth-order valence-electron chi connectivity index (χ4n) is 0.926. The number of nitrogens with two attached hydrogens (primary N) is 1. The topological polar surface area (TPSA) is 50.9 Å². The highest BCUT2D eigenvalue weighted by Gasteiger charge is 2.23. The van der Waals surface area contributed by atoms with Gasteiger partial charge in [-0.1, -0.05) is 23.2 Å². The van der Waals surface area contributed by atoms with Gasteiger partial charge in [-0.05, 0) is 26.8 Å². The second-order valence-corrected chi connectivity index (χ2v) is 4.96. The Kier molecular flexibility index (Phi) is 3.82. The van der Waals surface area contributed by atoms with E-state index in [2.05, 4.69) is 10.3 Å². The number of hydrogen-bond acceptors (Lipinski definition) is 3. The third-order valence-electron chi connectivity index (χ3n) is 2.39. The molecule has 1 aromatic rings. The molecule has 0 aliphatic heterocycles. The van der Waals surface area contributed by atoms with Crippen LogP contribution in [0.5, 0.6) is 0 Å². The van der Waals surface area contributed by atoms with E-state index >= 15 is 0 Å². The lowest BCUT2D eigenvalue weighted by Gasteiger charge is -2.31. The van der Waals surface area contributed by atoms with Gasteiger partial charge in [-0.15, -0.1) is 0 Å². The Morgan fingerprint density at radius 2 is 2.07 bits per heavy atom. The molecule has 1 atom stereocenters. The molecule has 3 N–H and O–H groups in total. The molecule has 0 spiro atoms. The summed E-state index contributed by atoms with van der Waals surface area (Å²) < 4.78 is 0. The van der Waals surface area contributed by atoms with Crippen molar-refractivity contribution in [3.63, 3.8) is 0 Å². The van der Waals surface area contributed by atoms with E-state index in [1.807, 2.05) is 20.8 Å².